The molecule has 1 aliphatic heterocycles. The normalized spacial score (nSPS) is 17.4. The number of carbonyl (C=O) groups excluding carboxylic acids is 1. The van der Waals surface area contributed by atoms with Crippen molar-refractivity contribution in [3.63, 3.8) is 0 Å². The maximum Gasteiger partial charge on any atom is 0.251 e. The van der Waals surface area contributed by atoms with Crippen LogP contribution in [0, 0.1) is 0 Å². The fourth-order valence-corrected chi connectivity index (χ4v) is 2.05. The first-order valence-corrected chi connectivity index (χ1v) is 6.41. The molecule has 1 heterocycles. The Kier molecular flexibility index (Phi) is 6.28. The Labute approximate surface area is 120 Å². The Morgan fingerprint density at radius 3 is 2.42 bits per heavy atom. The van der Waals surface area contributed by atoms with Gasteiger partial charge in [0.25, 0.3) is 5.91 Å². The maximum atomic E-state index is 12.0. The van der Waals surface area contributed by atoms with E-state index in [-0.39, 0.29) is 30.4 Å². The van der Waals surface area contributed by atoms with Crippen LogP contribution in [0.5, 0.6) is 0 Å². The number of carbonyl (C=O) groups is 1. The van der Waals surface area contributed by atoms with Gasteiger partial charge in [-0.15, -0.1) is 12.4 Å². The Balaban J connectivity index is 0.00000180. The molecular weight excluding hydrogens is 264 g/mol. The van der Waals surface area contributed by atoms with E-state index in [0.29, 0.717) is 5.56 Å². The minimum absolute atomic E-state index is 0. The van der Waals surface area contributed by atoms with E-state index in [9.17, 15) is 4.79 Å². The van der Waals surface area contributed by atoms with Crippen LogP contribution in [0.4, 0.5) is 0 Å². The van der Waals surface area contributed by atoms with E-state index in [1.807, 2.05) is 31.2 Å². The summed E-state index contributed by atoms with van der Waals surface area (Å²) in [6.07, 6.45) is 1.79. The van der Waals surface area contributed by atoms with Crippen molar-refractivity contribution in [1.29, 1.82) is 0 Å². The number of nitrogens with one attached hydrogen (secondary N) is 1. The summed E-state index contributed by atoms with van der Waals surface area (Å²) in [6.45, 7) is 3.39. The molecule has 1 aromatic rings. The highest BCUT2D eigenvalue weighted by Gasteiger charge is 2.16. The van der Waals surface area contributed by atoms with Crippen LogP contribution in [0.15, 0.2) is 24.3 Å². The Hall–Kier alpha value is -1.10. The van der Waals surface area contributed by atoms with Gasteiger partial charge in [0.05, 0.1) is 0 Å². The van der Waals surface area contributed by atoms with E-state index >= 15 is 0 Å². The molecule has 0 aromatic heterocycles. The van der Waals surface area contributed by atoms with E-state index in [1.54, 1.807) is 0 Å². The highest BCUT2D eigenvalue weighted by Crippen LogP contribution is 2.12. The molecule has 3 N–H and O–H groups in total. The van der Waals surface area contributed by atoms with Gasteiger partial charge in [0, 0.05) is 30.9 Å². The Morgan fingerprint density at radius 2 is 1.89 bits per heavy atom. The average Bonchev–Trinajstić information content (AvgIpc) is 2.40. The third-order valence-electron chi connectivity index (χ3n) is 3.26. The van der Waals surface area contributed by atoms with Gasteiger partial charge >= 0.3 is 0 Å². The monoisotopic (exact) mass is 284 g/mol. The van der Waals surface area contributed by atoms with E-state index < -0.39 is 0 Å². The van der Waals surface area contributed by atoms with Gasteiger partial charge in [0.1, 0.15) is 0 Å². The van der Waals surface area contributed by atoms with Crippen LogP contribution in [0.1, 0.15) is 41.7 Å². The molecule has 1 unspecified atom stereocenters. The Bertz CT molecular complexity index is 400. The minimum Gasteiger partial charge on any atom is -0.381 e. The largest absolute Gasteiger partial charge is 0.381 e. The fourth-order valence-electron chi connectivity index (χ4n) is 2.05. The molecule has 1 aromatic carbocycles. The molecule has 1 saturated heterocycles. The highest BCUT2D eigenvalue weighted by atomic mass is 35.5. The van der Waals surface area contributed by atoms with Gasteiger partial charge in [0.15, 0.2) is 0 Å². The number of hydrogen-bond donors (Lipinski definition) is 2. The van der Waals surface area contributed by atoms with Crippen molar-refractivity contribution in [2.75, 3.05) is 13.2 Å². The van der Waals surface area contributed by atoms with Gasteiger partial charge in [-0.05, 0) is 37.5 Å². The van der Waals surface area contributed by atoms with Crippen molar-refractivity contribution < 1.29 is 9.53 Å². The predicted octanol–water partition coefficient (Wildman–Crippen LogP) is 2.04. The van der Waals surface area contributed by atoms with Crippen LogP contribution < -0.4 is 11.1 Å². The van der Waals surface area contributed by atoms with Crippen LogP contribution in [0.2, 0.25) is 0 Å². The molecule has 1 amide bonds. The highest BCUT2D eigenvalue weighted by molar-refractivity contribution is 5.94. The second kappa shape index (κ2) is 7.48. The Morgan fingerprint density at radius 1 is 1.32 bits per heavy atom. The summed E-state index contributed by atoms with van der Waals surface area (Å²) in [5, 5.41) is 3.03. The average molecular weight is 285 g/mol. The lowest BCUT2D eigenvalue weighted by Crippen LogP contribution is -2.38. The molecule has 0 radical (unpaired) electrons. The SMILES string of the molecule is CC(N)c1ccc(C(=O)NC2CCOCC2)cc1.Cl. The molecule has 0 saturated carbocycles. The van der Waals surface area contributed by atoms with Crippen molar-refractivity contribution in [2.45, 2.75) is 31.8 Å². The summed E-state index contributed by atoms with van der Waals surface area (Å²) in [7, 11) is 0. The smallest absolute Gasteiger partial charge is 0.251 e. The van der Waals surface area contributed by atoms with Crippen molar-refractivity contribution >= 4 is 18.3 Å². The summed E-state index contributed by atoms with van der Waals surface area (Å²) < 4.78 is 5.26. The van der Waals surface area contributed by atoms with Crippen molar-refractivity contribution in [1.82, 2.24) is 5.32 Å². The van der Waals surface area contributed by atoms with Gasteiger partial charge < -0.3 is 15.8 Å². The van der Waals surface area contributed by atoms with Crippen molar-refractivity contribution in [3.05, 3.63) is 35.4 Å². The first-order valence-electron chi connectivity index (χ1n) is 6.41. The molecule has 0 spiro atoms. The number of ether oxygens (including phenoxy) is 1. The molecule has 1 fully saturated rings. The van der Waals surface area contributed by atoms with E-state index in [2.05, 4.69) is 5.32 Å². The molecule has 0 bridgehead atoms. The number of benzene rings is 1. The molecule has 4 nitrogen and oxygen atoms in total. The second-order valence-corrected chi connectivity index (χ2v) is 4.77. The molecule has 19 heavy (non-hydrogen) atoms. The van der Waals surface area contributed by atoms with Gasteiger partial charge in [-0.25, -0.2) is 0 Å². The number of halogens is 1. The molecule has 1 atom stereocenters. The lowest BCUT2D eigenvalue weighted by atomic mass is 10.1. The van der Waals surface area contributed by atoms with Crippen LogP contribution in [-0.4, -0.2) is 25.2 Å². The topological polar surface area (TPSA) is 64.4 Å². The lowest BCUT2D eigenvalue weighted by Gasteiger charge is -2.23. The van der Waals surface area contributed by atoms with Gasteiger partial charge in [-0.2, -0.15) is 0 Å². The zero-order valence-corrected chi connectivity index (χ0v) is 11.9. The van der Waals surface area contributed by atoms with Crippen molar-refractivity contribution in [3.8, 4) is 0 Å². The van der Waals surface area contributed by atoms with Crippen LogP contribution in [0.25, 0.3) is 0 Å². The standard InChI is InChI=1S/C14H20N2O2.ClH/c1-10(15)11-2-4-12(5-3-11)14(17)16-13-6-8-18-9-7-13;/h2-5,10,13H,6-9,15H2,1H3,(H,16,17);1H. The first-order chi connectivity index (χ1) is 8.66. The quantitative estimate of drug-likeness (QED) is 0.893. The van der Waals surface area contributed by atoms with Gasteiger partial charge in [-0.3, -0.25) is 4.79 Å². The molecule has 5 heteroatoms. The van der Waals surface area contributed by atoms with E-state index in [1.165, 1.54) is 0 Å². The predicted molar refractivity (Wildman–Crippen MR) is 77.6 cm³/mol. The maximum absolute atomic E-state index is 12.0. The number of nitrogens with two attached hydrogens (primary N) is 1. The summed E-state index contributed by atoms with van der Waals surface area (Å²) >= 11 is 0. The number of hydrogen-bond acceptors (Lipinski definition) is 3. The first kappa shape index (κ1) is 16.0. The molecule has 2 rings (SSSR count). The number of amides is 1. The fraction of sp³-hybridized carbons (Fsp3) is 0.500. The van der Waals surface area contributed by atoms with Crippen LogP contribution in [-0.2, 0) is 4.74 Å². The molecule has 0 aliphatic carbocycles. The minimum atomic E-state index is -0.0156. The van der Waals surface area contributed by atoms with Crippen LogP contribution in [0.3, 0.4) is 0 Å². The molecular formula is C14H21ClN2O2. The summed E-state index contributed by atoms with van der Waals surface area (Å²) in [5.41, 5.74) is 7.50. The second-order valence-electron chi connectivity index (χ2n) is 4.77. The van der Waals surface area contributed by atoms with E-state index in [0.717, 1.165) is 31.6 Å². The van der Waals surface area contributed by atoms with E-state index in [4.69, 9.17) is 10.5 Å². The lowest BCUT2D eigenvalue weighted by molar-refractivity contribution is 0.0696. The zero-order valence-electron chi connectivity index (χ0n) is 11.1. The molecule has 1 aliphatic rings. The molecule has 106 valence electrons. The van der Waals surface area contributed by atoms with Gasteiger partial charge in [-0.1, -0.05) is 12.1 Å². The van der Waals surface area contributed by atoms with Crippen molar-refractivity contribution in [2.24, 2.45) is 5.73 Å². The third-order valence-corrected chi connectivity index (χ3v) is 3.26. The van der Waals surface area contributed by atoms with Gasteiger partial charge in [0.2, 0.25) is 0 Å². The van der Waals surface area contributed by atoms with Crippen LogP contribution >= 0.6 is 12.4 Å². The summed E-state index contributed by atoms with van der Waals surface area (Å²) in [6, 6.07) is 7.70. The number of rotatable bonds is 3. The third kappa shape index (κ3) is 4.49. The zero-order chi connectivity index (χ0) is 13.0. The summed E-state index contributed by atoms with van der Waals surface area (Å²) in [5.74, 6) is -0.0156. The summed E-state index contributed by atoms with van der Waals surface area (Å²) in [4.78, 5) is 12.0.